The fourth-order valence-electron chi connectivity index (χ4n) is 2.29. The van der Waals surface area contributed by atoms with Crippen molar-refractivity contribution in [3.63, 3.8) is 0 Å². The summed E-state index contributed by atoms with van der Waals surface area (Å²) in [7, 11) is -2.56. The molecule has 0 amide bonds. The van der Waals surface area contributed by atoms with E-state index in [0.717, 1.165) is 5.56 Å². The van der Waals surface area contributed by atoms with E-state index in [-0.39, 0.29) is 11.0 Å². The van der Waals surface area contributed by atoms with E-state index in [9.17, 15) is 8.42 Å². The van der Waals surface area contributed by atoms with Crippen molar-refractivity contribution in [3.8, 4) is 23.3 Å². The molecule has 3 aromatic rings. The van der Waals surface area contributed by atoms with Gasteiger partial charge in [-0.3, -0.25) is 9.71 Å². The van der Waals surface area contributed by atoms with Crippen molar-refractivity contribution in [1.29, 1.82) is 5.26 Å². The number of benzene rings is 1. The molecule has 8 nitrogen and oxygen atoms in total. The van der Waals surface area contributed by atoms with Crippen molar-refractivity contribution in [2.75, 3.05) is 11.8 Å². The molecule has 0 aliphatic rings. The van der Waals surface area contributed by atoms with Gasteiger partial charge in [-0.2, -0.15) is 18.7 Å². The predicted octanol–water partition coefficient (Wildman–Crippen LogP) is 2.53. The number of hydrogen-bond acceptors (Lipinski definition) is 7. The third-order valence-electron chi connectivity index (χ3n) is 3.74. The first kappa shape index (κ1) is 18.3. The zero-order valence-electron chi connectivity index (χ0n) is 14.5. The Morgan fingerprint density at radius 2 is 1.96 bits per heavy atom. The van der Waals surface area contributed by atoms with Gasteiger partial charge >= 0.3 is 6.01 Å². The highest BCUT2D eigenvalue weighted by molar-refractivity contribution is 7.92. The molecule has 0 fully saturated rings. The molecular formula is C18H15N5O3S. The second kappa shape index (κ2) is 7.39. The van der Waals surface area contributed by atoms with Gasteiger partial charge in [0.15, 0.2) is 5.03 Å². The van der Waals surface area contributed by atoms with E-state index in [1.165, 1.54) is 25.6 Å². The van der Waals surface area contributed by atoms with Crippen LogP contribution in [0.2, 0.25) is 0 Å². The van der Waals surface area contributed by atoms with Crippen molar-refractivity contribution in [1.82, 2.24) is 15.0 Å². The number of hydrogen-bond donors (Lipinski definition) is 1. The van der Waals surface area contributed by atoms with Gasteiger partial charge in [-0.25, -0.2) is 4.98 Å². The maximum atomic E-state index is 12.6. The molecule has 0 aliphatic heterocycles. The van der Waals surface area contributed by atoms with Crippen LogP contribution in [0.3, 0.4) is 0 Å². The monoisotopic (exact) mass is 381 g/mol. The first-order valence-electron chi connectivity index (χ1n) is 7.80. The van der Waals surface area contributed by atoms with Crippen molar-refractivity contribution in [3.05, 3.63) is 59.9 Å². The number of aromatic nitrogens is 3. The van der Waals surface area contributed by atoms with Crippen LogP contribution in [0, 0.1) is 18.3 Å². The molecule has 136 valence electrons. The molecule has 1 aromatic carbocycles. The Morgan fingerprint density at radius 1 is 1.15 bits per heavy atom. The molecule has 27 heavy (non-hydrogen) atoms. The average molecular weight is 381 g/mol. The highest BCUT2D eigenvalue weighted by atomic mass is 32.2. The lowest BCUT2D eigenvalue weighted by molar-refractivity contribution is 0.375. The Balaban J connectivity index is 1.95. The zero-order valence-corrected chi connectivity index (χ0v) is 15.4. The minimum absolute atomic E-state index is 0.0369. The molecule has 1 N–H and O–H groups in total. The number of sulfonamides is 1. The maximum absolute atomic E-state index is 12.6. The summed E-state index contributed by atoms with van der Waals surface area (Å²) in [5, 5.41) is 8.67. The minimum Gasteiger partial charge on any atom is -0.467 e. The topological polar surface area (TPSA) is 118 Å². The van der Waals surface area contributed by atoms with Crippen LogP contribution in [0.1, 0.15) is 11.1 Å². The van der Waals surface area contributed by atoms with Gasteiger partial charge < -0.3 is 4.74 Å². The number of rotatable bonds is 5. The van der Waals surface area contributed by atoms with Crippen LogP contribution in [-0.4, -0.2) is 30.5 Å². The third kappa shape index (κ3) is 4.02. The number of anilines is 1. The van der Waals surface area contributed by atoms with Gasteiger partial charge in [-0.05, 0) is 36.8 Å². The number of nitrogens with zero attached hydrogens (tertiary/aromatic N) is 4. The Bertz CT molecular complexity index is 1120. The molecule has 2 heterocycles. The molecule has 0 aliphatic carbocycles. The molecule has 3 rings (SSSR count). The highest BCUT2D eigenvalue weighted by Crippen LogP contribution is 2.26. The normalized spacial score (nSPS) is 10.9. The number of ether oxygens (including phenoxy) is 1. The molecular weight excluding hydrogens is 366 g/mol. The fourth-order valence-corrected chi connectivity index (χ4v) is 3.34. The Kier molecular flexibility index (Phi) is 5.00. The molecule has 0 unspecified atom stereocenters. The Hall–Kier alpha value is -3.51. The van der Waals surface area contributed by atoms with E-state index in [1.807, 2.05) is 12.1 Å². The van der Waals surface area contributed by atoms with Crippen LogP contribution in [-0.2, 0) is 10.0 Å². The maximum Gasteiger partial charge on any atom is 0.317 e. The smallest absolute Gasteiger partial charge is 0.317 e. The highest BCUT2D eigenvalue weighted by Gasteiger charge is 2.18. The van der Waals surface area contributed by atoms with Crippen LogP contribution >= 0.6 is 0 Å². The van der Waals surface area contributed by atoms with Gasteiger partial charge in [-0.15, -0.1) is 0 Å². The minimum atomic E-state index is -3.92. The first-order valence-corrected chi connectivity index (χ1v) is 9.28. The van der Waals surface area contributed by atoms with Crippen molar-refractivity contribution < 1.29 is 13.2 Å². The third-order valence-corrected chi connectivity index (χ3v) is 5.00. The van der Waals surface area contributed by atoms with Gasteiger partial charge in [0.2, 0.25) is 0 Å². The summed E-state index contributed by atoms with van der Waals surface area (Å²) < 4.78 is 32.7. The van der Waals surface area contributed by atoms with Gasteiger partial charge in [0, 0.05) is 18.0 Å². The molecule has 0 bridgehead atoms. The van der Waals surface area contributed by atoms with E-state index in [4.69, 9.17) is 10.00 Å². The number of aryl methyl sites for hydroxylation is 1. The largest absolute Gasteiger partial charge is 0.467 e. The zero-order chi connectivity index (χ0) is 19.4. The van der Waals surface area contributed by atoms with Crippen LogP contribution < -0.4 is 9.46 Å². The number of nitrogens with one attached hydrogen (secondary N) is 1. The number of pyridine rings is 1. The summed E-state index contributed by atoms with van der Waals surface area (Å²) in [5.41, 5.74) is 2.92. The van der Waals surface area contributed by atoms with E-state index in [0.29, 0.717) is 22.5 Å². The predicted molar refractivity (Wildman–Crippen MR) is 98.5 cm³/mol. The van der Waals surface area contributed by atoms with Crippen LogP contribution in [0.5, 0.6) is 6.01 Å². The van der Waals surface area contributed by atoms with Crippen LogP contribution in [0.25, 0.3) is 11.3 Å². The summed E-state index contributed by atoms with van der Waals surface area (Å²) in [5.74, 6) is 0. The summed E-state index contributed by atoms with van der Waals surface area (Å²) >= 11 is 0. The summed E-state index contributed by atoms with van der Waals surface area (Å²) in [6, 6.07) is 11.9. The quantitative estimate of drug-likeness (QED) is 0.675. The molecule has 0 radical (unpaired) electrons. The lowest BCUT2D eigenvalue weighted by Crippen LogP contribution is -2.16. The molecule has 0 saturated carbocycles. The van der Waals surface area contributed by atoms with Gasteiger partial charge in [0.1, 0.15) is 6.07 Å². The summed E-state index contributed by atoms with van der Waals surface area (Å²) in [6.07, 6.45) is 2.77. The standard InChI is InChI=1S/C18H15N5O3S/c1-12-3-5-14(15-6-4-13(10-19)11-21-15)9-16(12)23-27(24,25)17-7-8-20-18(22-17)26-2/h3-9,11,23H,1-2H3. The molecule has 0 saturated heterocycles. The van der Waals surface area contributed by atoms with Crippen LogP contribution in [0.4, 0.5) is 5.69 Å². The lowest BCUT2D eigenvalue weighted by Gasteiger charge is -2.12. The molecule has 0 atom stereocenters. The van der Waals surface area contributed by atoms with Crippen molar-refractivity contribution in [2.24, 2.45) is 0 Å². The number of methoxy groups -OCH3 is 1. The number of nitriles is 1. The van der Waals surface area contributed by atoms with Crippen molar-refractivity contribution in [2.45, 2.75) is 11.9 Å². The van der Waals surface area contributed by atoms with Crippen LogP contribution in [0.15, 0.2) is 53.8 Å². The first-order chi connectivity index (χ1) is 12.9. The van der Waals surface area contributed by atoms with Gasteiger partial charge in [0.05, 0.1) is 24.1 Å². The second-order valence-corrected chi connectivity index (χ2v) is 7.19. The van der Waals surface area contributed by atoms with E-state index < -0.39 is 10.0 Å². The lowest BCUT2D eigenvalue weighted by atomic mass is 10.1. The van der Waals surface area contributed by atoms with Gasteiger partial charge in [-0.1, -0.05) is 12.1 Å². The van der Waals surface area contributed by atoms with E-state index in [1.54, 1.807) is 31.2 Å². The summed E-state index contributed by atoms with van der Waals surface area (Å²) in [4.78, 5) is 11.9. The van der Waals surface area contributed by atoms with E-state index >= 15 is 0 Å². The SMILES string of the molecule is COc1nccc(S(=O)(=O)Nc2cc(-c3ccc(C#N)cn3)ccc2C)n1. The van der Waals surface area contributed by atoms with Gasteiger partial charge in [0.25, 0.3) is 10.0 Å². The fraction of sp³-hybridized carbons (Fsp3) is 0.111. The molecule has 2 aromatic heterocycles. The molecule has 0 spiro atoms. The average Bonchev–Trinajstić information content (AvgIpc) is 2.69. The van der Waals surface area contributed by atoms with Crippen molar-refractivity contribution >= 4 is 15.7 Å². The van der Waals surface area contributed by atoms with E-state index in [2.05, 4.69) is 19.7 Å². The second-order valence-electron chi connectivity index (χ2n) is 5.56. The Morgan fingerprint density at radius 3 is 2.63 bits per heavy atom. The summed E-state index contributed by atoms with van der Waals surface area (Å²) in [6.45, 7) is 1.79. The Labute approximate surface area is 156 Å². The molecule has 9 heteroatoms.